The Balaban J connectivity index is 1.44. The number of nitrogens with one attached hydrogen (secondary N) is 1. The highest BCUT2D eigenvalue weighted by atomic mass is 16.5. The number of morpholine rings is 1. The van der Waals surface area contributed by atoms with Gasteiger partial charge in [0.2, 0.25) is 5.91 Å². The number of carbonyl (C=O) groups excluding carboxylic acids is 2. The van der Waals surface area contributed by atoms with Crippen LogP contribution in [-0.4, -0.2) is 66.4 Å². The van der Waals surface area contributed by atoms with Gasteiger partial charge in [0.1, 0.15) is 12.6 Å². The second-order valence-electron chi connectivity index (χ2n) is 8.65. The number of aliphatic carboxylic acids is 1. The first-order valence-electron chi connectivity index (χ1n) is 11.1. The van der Waals surface area contributed by atoms with E-state index in [2.05, 4.69) is 17.4 Å². The summed E-state index contributed by atoms with van der Waals surface area (Å²) < 4.78 is 10.8. The van der Waals surface area contributed by atoms with Crippen LogP contribution in [0.3, 0.4) is 0 Å². The minimum absolute atomic E-state index is 0.0726. The molecule has 2 aliphatic rings. The summed E-state index contributed by atoms with van der Waals surface area (Å²) in [5.41, 5.74) is 4.45. The maximum atomic E-state index is 13.1. The van der Waals surface area contributed by atoms with Crippen LogP contribution in [0.25, 0.3) is 11.1 Å². The van der Waals surface area contributed by atoms with Crippen LogP contribution in [0.15, 0.2) is 48.5 Å². The van der Waals surface area contributed by atoms with Gasteiger partial charge in [-0.25, -0.2) is 9.59 Å². The molecule has 0 spiro atoms. The Kier molecular flexibility index (Phi) is 6.65. The zero-order chi connectivity index (χ0) is 23.5. The lowest BCUT2D eigenvalue weighted by Crippen LogP contribution is -2.59. The number of hydrogen-bond donors (Lipinski definition) is 2. The van der Waals surface area contributed by atoms with Gasteiger partial charge in [0.05, 0.1) is 13.2 Å². The van der Waals surface area contributed by atoms with Crippen LogP contribution in [0.2, 0.25) is 0 Å². The van der Waals surface area contributed by atoms with Crippen molar-refractivity contribution in [2.24, 2.45) is 5.92 Å². The molecule has 2 aromatic rings. The number of nitrogens with zero attached hydrogens (tertiary/aromatic N) is 1. The van der Waals surface area contributed by atoms with Crippen molar-refractivity contribution < 1.29 is 29.0 Å². The molecule has 1 heterocycles. The quantitative estimate of drug-likeness (QED) is 0.698. The van der Waals surface area contributed by atoms with Crippen LogP contribution >= 0.6 is 0 Å². The van der Waals surface area contributed by atoms with E-state index in [1.165, 1.54) is 4.90 Å². The minimum Gasteiger partial charge on any atom is -0.480 e. The van der Waals surface area contributed by atoms with Crippen molar-refractivity contribution in [2.45, 2.75) is 31.8 Å². The van der Waals surface area contributed by atoms with E-state index in [1.807, 2.05) is 36.4 Å². The van der Waals surface area contributed by atoms with Crippen LogP contribution in [0, 0.1) is 5.92 Å². The number of fused-ring (bicyclic) bond motifs is 3. The predicted octanol–water partition coefficient (Wildman–Crippen LogP) is 2.86. The molecule has 0 saturated carbocycles. The van der Waals surface area contributed by atoms with Crippen molar-refractivity contribution >= 4 is 18.0 Å². The normalized spacial score (nSPS) is 18.4. The van der Waals surface area contributed by atoms with E-state index >= 15 is 0 Å². The summed E-state index contributed by atoms with van der Waals surface area (Å²) in [5, 5.41) is 12.1. The van der Waals surface area contributed by atoms with E-state index in [4.69, 9.17) is 9.47 Å². The first-order chi connectivity index (χ1) is 15.9. The van der Waals surface area contributed by atoms with E-state index in [0.717, 1.165) is 22.3 Å². The zero-order valence-corrected chi connectivity index (χ0v) is 18.7. The fourth-order valence-electron chi connectivity index (χ4n) is 4.53. The topological polar surface area (TPSA) is 105 Å². The smallest absolute Gasteiger partial charge is 0.407 e. The van der Waals surface area contributed by atoms with Crippen molar-refractivity contribution in [3.63, 3.8) is 0 Å². The first-order valence-corrected chi connectivity index (χ1v) is 11.1. The van der Waals surface area contributed by atoms with Crippen molar-refractivity contribution in [3.05, 3.63) is 59.7 Å². The van der Waals surface area contributed by atoms with E-state index in [1.54, 1.807) is 13.8 Å². The summed E-state index contributed by atoms with van der Waals surface area (Å²) in [7, 11) is 0. The minimum atomic E-state index is -1.13. The van der Waals surface area contributed by atoms with Gasteiger partial charge in [0, 0.05) is 12.5 Å². The number of benzene rings is 2. The van der Waals surface area contributed by atoms with Crippen LogP contribution in [-0.2, 0) is 19.1 Å². The van der Waals surface area contributed by atoms with Crippen LogP contribution in [0.1, 0.15) is 30.9 Å². The van der Waals surface area contributed by atoms with Gasteiger partial charge in [0.15, 0.2) is 6.04 Å². The molecule has 1 aliphatic heterocycles. The predicted molar refractivity (Wildman–Crippen MR) is 121 cm³/mol. The Morgan fingerprint density at radius 1 is 1.09 bits per heavy atom. The molecule has 0 radical (unpaired) electrons. The standard InChI is InChI=1S/C25H28N2O6/c1-15(2)22(23(28)27-11-12-32-14-21(27)24(29)30)26-25(31)33-13-20-18-9-5-3-7-16(18)17-8-4-6-10-19(17)20/h3-10,15,20-22H,11-14H2,1-2H3,(H,26,31)(H,29,30)/t21?,22-/m1/s1. The Labute approximate surface area is 192 Å². The molecule has 8 heteroatoms. The molecular formula is C25H28N2O6. The van der Waals surface area contributed by atoms with Gasteiger partial charge in [-0.1, -0.05) is 62.4 Å². The van der Waals surface area contributed by atoms with Gasteiger partial charge >= 0.3 is 12.1 Å². The summed E-state index contributed by atoms with van der Waals surface area (Å²) in [6.07, 6.45) is -0.705. The Morgan fingerprint density at radius 2 is 1.70 bits per heavy atom. The second kappa shape index (κ2) is 9.62. The monoisotopic (exact) mass is 452 g/mol. The molecule has 2 N–H and O–H groups in total. The van der Waals surface area contributed by atoms with Crippen molar-refractivity contribution in [1.82, 2.24) is 10.2 Å². The maximum Gasteiger partial charge on any atom is 0.407 e. The largest absolute Gasteiger partial charge is 0.480 e. The van der Waals surface area contributed by atoms with Gasteiger partial charge in [0.25, 0.3) is 0 Å². The third kappa shape index (κ3) is 4.57. The highest BCUT2D eigenvalue weighted by Gasteiger charge is 2.38. The van der Waals surface area contributed by atoms with E-state index in [9.17, 15) is 19.5 Å². The molecule has 1 unspecified atom stereocenters. The number of carbonyl (C=O) groups is 3. The molecule has 33 heavy (non-hydrogen) atoms. The summed E-state index contributed by atoms with van der Waals surface area (Å²) in [4.78, 5) is 38.6. The lowest BCUT2D eigenvalue weighted by molar-refractivity contribution is -0.159. The van der Waals surface area contributed by atoms with E-state index in [-0.39, 0.29) is 38.2 Å². The summed E-state index contributed by atoms with van der Waals surface area (Å²) in [6.45, 7) is 4.06. The van der Waals surface area contributed by atoms with Gasteiger partial charge in [-0.2, -0.15) is 0 Å². The SMILES string of the molecule is CC(C)[C@@H](NC(=O)OCC1c2ccccc2-c2ccccc21)C(=O)N1CCOCC1C(=O)O. The van der Waals surface area contributed by atoms with Crippen LogP contribution in [0.5, 0.6) is 0 Å². The number of hydrogen-bond acceptors (Lipinski definition) is 5. The molecule has 2 aromatic carbocycles. The van der Waals surface area contributed by atoms with Crippen LogP contribution in [0.4, 0.5) is 4.79 Å². The number of alkyl carbamates (subject to hydrolysis) is 1. The molecule has 2 amide bonds. The highest BCUT2D eigenvalue weighted by molar-refractivity contribution is 5.89. The van der Waals surface area contributed by atoms with Gasteiger partial charge in [-0.3, -0.25) is 4.79 Å². The lowest BCUT2D eigenvalue weighted by atomic mass is 9.98. The number of ether oxygens (including phenoxy) is 2. The maximum absolute atomic E-state index is 13.1. The van der Waals surface area contributed by atoms with Crippen molar-refractivity contribution in [2.75, 3.05) is 26.4 Å². The molecule has 2 atom stereocenters. The molecule has 1 aliphatic carbocycles. The van der Waals surface area contributed by atoms with Crippen LogP contribution < -0.4 is 5.32 Å². The molecule has 8 nitrogen and oxygen atoms in total. The van der Waals surface area contributed by atoms with E-state index < -0.39 is 30.1 Å². The molecular weight excluding hydrogens is 424 g/mol. The lowest BCUT2D eigenvalue weighted by Gasteiger charge is -2.36. The average molecular weight is 453 g/mol. The second-order valence-corrected chi connectivity index (χ2v) is 8.65. The Bertz CT molecular complexity index is 1010. The zero-order valence-electron chi connectivity index (χ0n) is 18.7. The number of rotatable bonds is 6. The Morgan fingerprint density at radius 3 is 2.27 bits per heavy atom. The highest BCUT2D eigenvalue weighted by Crippen LogP contribution is 2.44. The third-order valence-electron chi connectivity index (χ3n) is 6.25. The average Bonchev–Trinajstić information content (AvgIpc) is 3.14. The third-order valence-corrected chi connectivity index (χ3v) is 6.25. The number of carboxylic acids is 1. The van der Waals surface area contributed by atoms with Gasteiger partial charge in [-0.05, 0) is 28.2 Å². The number of carboxylic acid groups (broad SMARTS) is 1. The summed E-state index contributed by atoms with van der Waals surface area (Å²) in [6, 6.07) is 14.1. The Hall–Kier alpha value is -3.39. The first kappa shape index (κ1) is 22.8. The molecule has 4 rings (SSSR count). The summed E-state index contributed by atoms with van der Waals surface area (Å²) >= 11 is 0. The van der Waals surface area contributed by atoms with Crippen molar-refractivity contribution in [3.8, 4) is 11.1 Å². The van der Waals surface area contributed by atoms with Gasteiger partial charge < -0.3 is 24.8 Å². The van der Waals surface area contributed by atoms with E-state index in [0.29, 0.717) is 0 Å². The van der Waals surface area contributed by atoms with Gasteiger partial charge in [-0.15, -0.1) is 0 Å². The number of amides is 2. The molecule has 0 bridgehead atoms. The fourth-order valence-corrected chi connectivity index (χ4v) is 4.53. The molecule has 0 aromatic heterocycles. The summed E-state index contributed by atoms with van der Waals surface area (Å²) in [5.74, 6) is -1.93. The molecule has 1 saturated heterocycles. The van der Waals surface area contributed by atoms with Crippen molar-refractivity contribution in [1.29, 1.82) is 0 Å². The fraction of sp³-hybridized carbons (Fsp3) is 0.400. The molecule has 1 fully saturated rings. The molecule has 174 valence electrons.